The van der Waals surface area contributed by atoms with Crippen molar-refractivity contribution in [3.8, 4) is 0 Å². The molecule has 2 heteroatoms. The van der Waals surface area contributed by atoms with Crippen molar-refractivity contribution in [3.05, 3.63) is 47.5 Å². The summed E-state index contributed by atoms with van der Waals surface area (Å²) in [6, 6.07) is 8.32. The lowest BCUT2D eigenvalue weighted by Crippen LogP contribution is -2.29. The molecule has 0 saturated heterocycles. The van der Waals surface area contributed by atoms with E-state index in [0.717, 1.165) is 23.8 Å². The van der Waals surface area contributed by atoms with Crippen molar-refractivity contribution < 1.29 is 8.78 Å². The molecule has 2 aliphatic carbocycles. The monoisotopic (exact) mass is 314 g/mol. The number of rotatable bonds is 1. The minimum absolute atomic E-state index is 0.462. The summed E-state index contributed by atoms with van der Waals surface area (Å²) in [5, 5.41) is 1.22. The lowest BCUT2D eigenvalue weighted by atomic mass is 9.64. The summed E-state index contributed by atoms with van der Waals surface area (Å²) >= 11 is 0. The van der Waals surface area contributed by atoms with Crippen LogP contribution in [0.15, 0.2) is 30.3 Å². The zero-order valence-corrected chi connectivity index (χ0v) is 13.7. The van der Waals surface area contributed by atoms with Crippen LogP contribution in [0.1, 0.15) is 56.9 Å². The molecule has 0 bridgehead atoms. The molecule has 2 fully saturated rings. The first-order valence-corrected chi connectivity index (χ1v) is 8.99. The maximum absolute atomic E-state index is 13.8. The smallest absolute Gasteiger partial charge is 0.133 e. The highest BCUT2D eigenvalue weighted by molar-refractivity contribution is 5.84. The second-order valence-electron chi connectivity index (χ2n) is 7.82. The lowest BCUT2D eigenvalue weighted by Gasteiger charge is -2.41. The maximum Gasteiger partial charge on any atom is 0.133 e. The van der Waals surface area contributed by atoms with Crippen molar-refractivity contribution >= 4 is 10.8 Å². The molecule has 0 nitrogen and oxygen atoms in total. The molecule has 0 amide bonds. The van der Waals surface area contributed by atoms with Gasteiger partial charge in [-0.25, -0.2) is 8.78 Å². The summed E-state index contributed by atoms with van der Waals surface area (Å²) in [6.45, 7) is 2.38. The molecule has 0 aromatic heterocycles. The van der Waals surface area contributed by atoms with Gasteiger partial charge in [0, 0.05) is 11.5 Å². The SMILES string of the molecule is CC1CCC2CC(c3ccc4c(F)cc(F)cc4c3)CCC2C1. The summed E-state index contributed by atoms with van der Waals surface area (Å²) in [5.41, 5.74) is 1.26. The van der Waals surface area contributed by atoms with E-state index in [1.165, 1.54) is 50.2 Å². The topological polar surface area (TPSA) is 0 Å². The van der Waals surface area contributed by atoms with Gasteiger partial charge >= 0.3 is 0 Å². The lowest BCUT2D eigenvalue weighted by molar-refractivity contribution is 0.124. The minimum atomic E-state index is -0.489. The molecule has 0 radical (unpaired) electrons. The quantitative estimate of drug-likeness (QED) is 0.568. The Hall–Kier alpha value is -1.44. The van der Waals surface area contributed by atoms with Crippen molar-refractivity contribution in [1.82, 2.24) is 0 Å². The van der Waals surface area contributed by atoms with E-state index in [2.05, 4.69) is 13.0 Å². The Morgan fingerprint density at radius 1 is 0.870 bits per heavy atom. The van der Waals surface area contributed by atoms with Crippen LogP contribution in [0.25, 0.3) is 10.8 Å². The van der Waals surface area contributed by atoms with Gasteiger partial charge < -0.3 is 0 Å². The molecule has 2 saturated carbocycles. The zero-order chi connectivity index (χ0) is 16.0. The molecule has 2 aromatic rings. The second kappa shape index (κ2) is 5.89. The first-order chi connectivity index (χ1) is 11.1. The van der Waals surface area contributed by atoms with E-state index < -0.39 is 11.6 Å². The predicted molar refractivity (Wildman–Crippen MR) is 90.5 cm³/mol. The maximum atomic E-state index is 13.8. The Balaban J connectivity index is 1.60. The molecule has 122 valence electrons. The molecule has 4 rings (SSSR count). The summed E-state index contributed by atoms with van der Waals surface area (Å²) in [7, 11) is 0. The van der Waals surface area contributed by atoms with Gasteiger partial charge in [-0.15, -0.1) is 0 Å². The van der Waals surface area contributed by atoms with Crippen molar-refractivity contribution in [3.63, 3.8) is 0 Å². The molecule has 0 aliphatic heterocycles. The summed E-state index contributed by atoms with van der Waals surface area (Å²) in [5.74, 6) is 2.25. The Kier molecular flexibility index (Phi) is 3.87. The van der Waals surface area contributed by atoms with Gasteiger partial charge in [0.2, 0.25) is 0 Å². The number of halogens is 2. The summed E-state index contributed by atoms with van der Waals surface area (Å²) < 4.78 is 27.3. The van der Waals surface area contributed by atoms with Crippen LogP contribution in [-0.4, -0.2) is 0 Å². The highest BCUT2D eigenvalue weighted by Gasteiger charge is 2.34. The molecule has 0 heterocycles. The fourth-order valence-electron chi connectivity index (χ4n) is 4.99. The Morgan fingerprint density at radius 2 is 1.65 bits per heavy atom. The van der Waals surface area contributed by atoms with Crippen LogP contribution in [0.2, 0.25) is 0 Å². The largest absolute Gasteiger partial charge is 0.207 e. The molecular weight excluding hydrogens is 290 g/mol. The van der Waals surface area contributed by atoms with Gasteiger partial charge in [-0.1, -0.05) is 31.5 Å². The molecule has 2 aliphatic rings. The second-order valence-corrected chi connectivity index (χ2v) is 7.82. The molecule has 2 aromatic carbocycles. The van der Waals surface area contributed by atoms with Crippen LogP contribution in [0, 0.1) is 29.4 Å². The Morgan fingerprint density at radius 3 is 2.52 bits per heavy atom. The minimum Gasteiger partial charge on any atom is -0.207 e. The standard InChI is InChI=1S/C21H24F2/c1-13-2-3-15-9-16(5-4-14(15)8-13)17-6-7-20-18(10-17)11-19(22)12-21(20)23/h6-7,10-16H,2-5,8-9H2,1H3. The third-order valence-corrected chi connectivity index (χ3v) is 6.24. The van der Waals surface area contributed by atoms with Gasteiger partial charge in [-0.3, -0.25) is 0 Å². The van der Waals surface area contributed by atoms with Crippen LogP contribution in [-0.2, 0) is 0 Å². The van der Waals surface area contributed by atoms with Gasteiger partial charge in [-0.05, 0) is 72.8 Å². The average molecular weight is 314 g/mol. The van der Waals surface area contributed by atoms with Crippen LogP contribution >= 0.6 is 0 Å². The van der Waals surface area contributed by atoms with Gasteiger partial charge in [0.25, 0.3) is 0 Å². The van der Waals surface area contributed by atoms with E-state index >= 15 is 0 Å². The zero-order valence-electron chi connectivity index (χ0n) is 13.7. The van der Waals surface area contributed by atoms with Crippen LogP contribution in [0.5, 0.6) is 0 Å². The van der Waals surface area contributed by atoms with Crippen molar-refractivity contribution in [2.24, 2.45) is 17.8 Å². The van der Waals surface area contributed by atoms with Crippen molar-refractivity contribution in [2.75, 3.05) is 0 Å². The molecule has 0 N–H and O–H groups in total. The first-order valence-electron chi connectivity index (χ1n) is 8.99. The van der Waals surface area contributed by atoms with Gasteiger partial charge in [0.1, 0.15) is 11.6 Å². The molecule has 23 heavy (non-hydrogen) atoms. The highest BCUT2D eigenvalue weighted by Crippen LogP contribution is 2.47. The Labute approximate surface area is 136 Å². The number of hydrogen-bond acceptors (Lipinski definition) is 0. The molecular formula is C21H24F2. The fourth-order valence-corrected chi connectivity index (χ4v) is 4.99. The van der Waals surface area contributed by atoms with Gasteiger partial charge in [0.15, 0.2) is 0 Å². The highest BCUT2D eigenvalue weighted by atomic mass is 19.1. The van der Waals surface area contributed by atoms with E-state index in [4.69, 9.17) is 0 Å². The number of hydrogen-bond donors (Lipinski definition) is 0. The van der Waals surface area contributed by atoms with Crippen molar-refractivity contribution in [2.45, 2.75) is 51.4 Å². The number of fused-ring (bicyclic) bond motifs is 2. The van der Waals surface area contributed by atoms with E-state index in [0.29, 0.717) is 16.7 Å². The van der Waals surface area contributed by atoms with E-state index in [1.807, 2.05) is 12.1 Å². The molecule has 4 unspecified atom stereocenters. The van der Waals surface area contributed by atoms with Crippen LogP contribution in [0.4, 0.5) is 8.78 Å². The summed E-state index contributed by atoms with van der Waals surface area (Å²) in [4.78, 5) is 0. The third kappa shape index (κ3) is 2.88. The van der Waals surface area contributed by atoms with E-state index in [9.17, 15) is 8.78 Å². The fraction of sp³-hybridized carbons (Fsp3) is 0.524. The van der Waals surface area contributed by atoms with Crippen LogP contribution in [0.3, 0.4) is 0 Å². The molecule has 0 spiro atoms. The van der Waals surface area contributed by atoms with E-state index in [-0.39, 0.29) is 0 Å². The van der Waals surface area contributed by atoms with E-state index in [1.54, 1.807) is 0 Å². The molecule has 4 atom stereocenters. The first kappa shape index (κ1) is 15.1. The summed E-state index contributed by atoms with van der Waals surface area (Å²) in [6.07, 6.45) is 7.90. The number of benzene rings is 2. The predicted octanol–water partition coefficient (Wildman–Crippen LogP) is 6.44. The van der Waals surface area contributed by atoms with Gasteiger partial charge in [0.05, 0.1) is 0 Å². The normalized spacial score (nSPS) is 31.1. The van der Waals surface area contributed by atoms with Gasteiger partial charge in [-0.2, -0.15) is 0 Å². The van der Waals surface area contributed by atoms with Crippen LogP contribution < -0.4 is 0 Å². The third-order valence-electron chi connectivity index (χ3n) is 6.24. The Bertz CT molecular complexity index is 721. The van der Waals surface area contributed by atoms with Crippen molar-refractivity contribution in [1.29, 1.82) is 0 Å². The average Bonchev–Trinajstić information content (AvgIpc) is 2.53.